The van der Waals surface area contributed by atoms with E-state index in [9.17, 15) is 4.79 Å². The molecule has 7 heteroatoms. The SMILES string of the molecule is CN=C(NCCc1ccc(OC)cc1)NCC(C)(C)NC(=O)OC(C)(C)C. The highest BCUT2D eigenvalue weighted by atomic mass is 16.6. The number of carbonyl (C=O) groups excluding carboxylic acids is 1. The van der Waals surface area contributed by atoms with Gasteiger partial charge in [0, 0.05) is 20.1 Å². The Balaban J connectivity index is 2.40. The van der Waals surface area contributed by atoms with Crippen LogP contribution in [0.5, 0.6) is 5.75 Å². The number of ether oxygens (including phenoxy) is 2. The number of carbonyl (C=O) groups is 1. The third kappa shape index (κ3) is 9.72. The smallest absolute Gasteiger partial charge is 0.408 e. The summed E-state index contributed by atoms with van der Waals surface area (Å²) in [5.41, 5.74) is 0.202. The summed E-state index contributed by atoms with van der Waals surface area (Å²) in [6.45, 7) is 10.6. The second-order valence-electron chi connectivity index (χ2n) is 7.96. The molecule has 27 heavy (non-hydrogen) atoms. The van der Waals surface area contributed by atoms with Crippen LogP contribution in [0.3, 0.4) is 0 Å². The molecule has 0 aliphatic heterocycles. The molecule has 0 radical (unpaired) electrons. The Bertz CT molecular complexity index is 619. The zero-order valence-corrected chi connectivity index (χ0v) is 17.6. The van der Waals surface area contributed by atoms with Gasteiger partial charge in [0.15, 0.2) is 5.96 Å². The minimum atomic E-state index is -0.521. The number of aliphatic imine (C=N–C) groups is 1. The Morgan fingerprint density at radius 1 is 1.07 bits per heavy atom. The van der Waals surface area contributed by atoms with E-state index in [0.29, 0.717) is 12.5 Å². The normalized spacial score (nSPS) is 12.3. The van der Waals surface area contributed by atoms with Crippen molar-refractivity contribution in [3.8, 4) is 5.75 Å². The molecule has 0 aromatic heterocycles. The van der Waals surface area contributed by atoms with Crippen LogP contribution in [-0.2, 0) is 11.2 Å². The molecule has 0 unspecified atom stereocenters. The molecule has 152 valence electrons. The van der Waals surface area contributed by atoms with Crippen molar-refractivity contribution >= 4 is 12.1 Å². The maximum absolute atomic E-state index is 11.9. The number of hydrogen-bond donors (Lipinski definition) is 3. The summed E-state index contributed by atoms with van der Waals surface area (Å²) >= 11 is 0. The van der Waals surface area contributed by atoms with Gasteiger partial charge in [0.05, 0.1) is 12.6 Å². The third-order valence-corrected chi connectivity index (χ3v) is 3.63. The Labute approximate surface area is 162 Å². The molecule has 7 nitrogen and oxygen atoms in total. The molecule has 1 amide bonds. The van der Waals surface area contributed by atoms with E-state index in [2.05, 4.69) is 20.9 Å². The number of benzene rings is 1. The lowest BCUT2D eigenvalue weighted by atomic mass is 10.1. The van der Waals surface area contributed by atoms with E-state index in [1.807, 2.05) is 58.9 Å². The van der Waals surface area contributed by atoms with Crippen molar-refractivity contribution in [1.29, 1.82) is 0 Å². The highest BCUT2D eigenvalue weighted by Gasteiger charge is 2.24. The number of alkyl carbamates (subject to hydrolysis) is 1. The zero-order chi connectivity index (χ0) is 20.5. The van der Waals surface area contributed by atoms with Gasteiger partial charge in [-0.05, 0) is 58.7 Å². The Morgan fingerprint density at radius 3 is 2.22 bits per heavy atom. The van der Waals surface area contributed by atoms with Crippen LogP contribution in [0.4, 0.5) is 4.79 Å². The quantitative estimate of drug-likeness (QED) is 0.502. The monoisotopic (exact) mass is 378 g/mol. The minimum Gasteiger partial charge on any atom is -0.497 e. The molecule has 0 heterocycles. The second-order valence-corrected chi connectivity index (χ2v) is 7.96. The topological polar surface area (TPSA) is 84.0 Å². The molecule has 1 rings (SSSR count). The van der Waals surface area contributed by atoms with Gasteiger partial charge in [-0.15, -0.1) is 0 Å². The highest BCUT2D eigenvalue weighted by Crippen LogP contribution is 2.11. The summed E-state index contributed by atoms with van der Waals surface area (Å²) in [4.78, 5) is 16.2. The third-order valence-electron chi connectivity index (χ3n) is 3.63. The molecule has 0 fully saturated rings. The van der Waals surface area contributed by atoms with Crippen LogP contribution in [0.25, 0.3) is 0 Å². The Hall–Kier alpha value is -2.44. The van der Waals surface area contributed by atoms with Crippen LogP contribution in [0.2, 0.25) is 0 Å². The first-order chi connectivity index (χ1) is 12.5. The minimum absolute atomic E-state index is 0.434. The van der Waals surface area contributed by atoms with Crippen LogP contribution in [0.15, 0.2) is 29.3 Å². The first kappa shape index (κ1) is 22.6. The Kier molecular flexibility index (Phi) is 8.40. The standard InChI is InChI=1S/C20H34N4O3/c1-19(2,3)27-18(25)24-20(4,5)14-23-17(21-6)22-13-12-15-8-10-16(26-7)11-9-15/h8-11H,12-14H2,1-7H3,(H,24,25)(H2,21,22,23). The number of methoxy groups -OCH3 is 1. The van der Waals surface area contributed by atoms with Crippen LogP contribution in [-0.4, -0.2) is 50.4 Å². The summed E-state index contributed by atoms with van der Waals surface area (Å²) in [5.74, 6) is 1.53. The maximum Gasteiger partial charge on any atom is 0.408 e. The molecule has 0 saturated heterocycles. The van der Waals surface area contributed by atoms with E-state index < -0.39 is 17.2 Å². The summed E-state index contributed by atoms with van der Waals surface area (Å²) in [5, 5.41) is 9.37. The van der Waals surface area contributed by atoms with Crippen molar-refractivity contribution in [1.82, 2.24) is 16.0 Å². The fourth-order valence-electron chi connectivity index (χ4n) is 2.27. The van der Waals surface area contributed by atoms with Crippen molar-refractivity contribution in [3.05, 3.63) is 29.8 Å². The van der Waals surface area contributed by atoms with Crippen LogP contribution in [0.1, 0.15) is 40.2 Å². The lowest BCUT2D eigenvalue weighted by molar-refractivity contribution is 0.0474. The van der Waals surface area contributed by atoms with Gasteiger partial charge in [0.1, 0.15) is 11.4 Å². The van der Waals surface area contributed by atoms with Crippen LogP contribution < -0.4 is 20.7 Å². The number of nitrogens with zero attached hydrogens (tertiary/aromatic N) is 1. The van der Waals surface area contributed by atoms with Gasteiger partial charge in [-0.3, -0.25) is 4.99 Å². The largest absolute Gasteiger partial charge is 0.497 e. The van der Waals surface area contributed by atoms with E-state index in [4.69, 9.17) is 9.47 Å². The van der Waals surface area contributed by atoms with E-state index in [0.717, 1.165) is 18.7 Å². The number of amides is 1. The molecule has 1 aromatic rings. The van der Waals surface area contributed by atoms with Gasteiger partial charge in [0.25, 0.3) is 0 Å². The number of rotatable bonds is 7. The van der Waals surface area contributed by atoms with Crippen molar-refractivity contribution < 1.29 is 14.3 Å². The van der Waals surface area contributed by atoms with Crippen LogP contribution >= 0.6 is 0 Å². The molecular weight excluding hydrogens is 344 g/mol. The fourth-order valence-corrected chi connectivity index (χ4v) is 2.27. The summed E-state index contributed by atoms with van der Waals surface area (Å²) < 4.78 is 10.5. The summed E-state index contributed by atoms with van der Waals surface area (Å²) in [6, 6.07) is 8.00. The Morgan fingerprint density at radius 2 is 1.70 bits per heavy atom. The first-order valence-electron chi connectivity index (χ1n) is 9.13. The van der Waals surface area contributed by atoms with Crippen molar-refractivity contribution in [2.45, 2.75) is 52.2 Å². The van der Waals surface area contributed by atoms with Gasteiger partial charge in [-0.2, -0.15) is 0 Å². The van der Waals surface area contributed by atoms with Gasteiger partial charge in [0.2, 0.25) is 0 Å². The van der Waals surface area contributed by atoms with E-state index >= 15 is 0 Å². The molecule has 3 N–H and O–H groups in total. The molecule has 0 bridgehead atoms. The molecule has 0 aliphatic carbocycles. The van der Waals surface area contributed by atoms with Crippen molar-refractivity contribution in [3.63, 3.8) is 0 Å². The summed E-state index contributed by atoms with van der Waals surface area (Å²) in [7, 11) is 3.38. The van der Waals surface area contributed by atoms with Gasteiger partial charge < -0.3 is 25.4 Å². The molecule has 0 saturated carbocycles. The van der Waals surface area contributed by atoms with Crippen molar-refractivity contribution in [2.75, 3.05) is 27.2 Å². The van der Waals surface area contributed by atoms with E-state index in [-0.39, 0.29) is 0 Å². The molecule has 0 atom stereocenters. The second kappa shape index (κ2) is 10.0. The van der Waals surface area contributed by atoms with E-state index in [1.54, 1.807) is 14.2 Å². The number of guanidine groups is 1. The van der Waals surface area contributed by atoms with E-state index in [1.165, 1.54) is 5.56 Å². The maximum atomic E-state index is 11.9. The molecule has 0 spiro atoms. The van der Waals surface area contributed by atoms with Crippen LogP contribution in [0, 0.1) is 0 Å². The average molecular weight is 379 g/mol. The molecule has 0 aliphatic rings. The lowest BCUT2D eigenvalue weighted by Crippen LogP contribution is -2.54. The highest BCUT2D eigenvalue weighted by molar-refractivity contribution is 5.79. The lowest BCUT2D eigenvalue weighted by Gasteiger charge is -2.29. The summed E-state index contributed by atoms with van der Waals surface area (Å²) in [6.07, 6.45) is 0.432. The number of hydrogen-bond acceptors (Lipinski definition) is 4. The first-order valence-corrected chi connectivity index (χ1v) is 9.13. The number of nitrogens with one attached hydrogen (secondary N) is 3. The fraction of sp³-hybridized carbons (Fsp3) is 0.600. The predicted octanol–water partition coefficient (Wildman–Crippen LogP) is 2.71. The predicted molar refractivity (Wildman–Crippen MR) is 110 cm³/mol. The average Bonchev–Trinajstić information content (AvgIpc) is 2.56. The zero-order valence-electron chi connectivity index (χ0n) is 17.6. The molecule has 1 aromatic carbocycles. The van der Waals surface area contributed by atoms with Crippen molar-refractivity contribution in [2.24, 2.45) is 4.99 Å². The van der Waals surface area contributed by atoms with Gasteiger partial charge in [-0.25, -0.2) is 4.79 Å². The molecular formula is C20H34N4O3. The van der Waals surface area contributed by atoms with Gasteiger partial charge in [-0.1, -0.05) is 12.1 Å². The van der Waals surface area contributed by atoms with Gasteiger partial charge >= 0.3 is 6.09 Å².